The Kier molecular flexibility index (Phi) is 10.9. The number of halogens is 3. The SMILES string of the molecule is CN(CC1CCC(n2cc3cc(NC(=O)c4cccc(C(F)(F)F)n4)c(C(C)(C)O)cc3n2)CC1)C1CCN(c2ccc3c(c2)n(C)c(=O)n3C2CCC(=O)NC2=O)CC1. The van der Waals surface area contributed by atoms with Crippen molar-refractivity contribution in [3.63, 3.8) is 0 Å². The molecule has 1 saturated carbocycles. The molecule has 2 aromatic carbocycles. The molecule has 3 fully saturated rings. The van der Waals surface area contributed by atoms with Gasteiger partial charge in [0.1, 0.15) is 17.4 Å². The summed E-state index contributed by atoms with van der Waals surface area (Å²) in [7, 11) is 3.93. The molecular formula is C43H50F3N9O5. The van der Waals surface area contributed by atoms with Crippen molar-refractivity contribution in [2.45, 2.75) is 95.1 Å². The molecular weight excluding hydrogens is 780 g/mol. The van der Waals surface area contributed by atoms with E-state index in [2.05, 4.69) is 32.5 Å². The third-order valence-corrected chi connectivity index (χ3v) is 12.6. The summed E-state index contributed by atoms with van der Waals surface area (Å²) in [4.78, 5) is 59.0. The molecule has 318 valence electrons. The van der Waals surface area contributed by atoms with Crippen LogP contribution in [0.15, 0.2) is 59.5 Å². The summed E-state index contributed by atoms with van der Waals surface area (Å²) >= 11 is 0. The quantitative estimate of drug-likeness (QED) is 0.154. The number of rotatable bonds is 9. The van der Waals surface area contributed by atoms with E-state index in [1.807, 2.05) is 29.1 Å². The number of benzene rings is 2. The number of carbonyl (C=O) groups is 3. The second kappa shape index (κ2) is 15.8. The largest absolute Gasteiger partial charge is 0.433 e. The first-order valence-corrected chi connectivity index (χ1v) is 20.6. The van der Waals surface area contributed by atoms with Gasteiger partial charge < -0.3 is 20.2 Å². The first kappa shape index (κ1) is 41.2. The van der Waals surface area contributed by atoms with Gasteiger partial charge in [-0.15, -0.1) is 0 Å². The zero-order valence-electron chi connectivity index (χ0n) is 34.1. The van der Waals surface area contributed by atoms with E-state index in [0.29, 0.717) is 35.0 Å². The lowest BCUT2D eigenvalue weighted by atomic mass is 9.85. The lowest BCUT2D eigenvalue weighted by Crippen LogP contribution is -2.45. The molecule has 3 N–H and O–H groups in total. The number of aromatic nitrogens is 5. The van der Waals surface area contributed by atoms with Crippen LogP contribution in [0.5, 0.6) is 0 Å². The summed E-state index contributed by atoms with van der Waals surface area (Å²) in [6, 6.07) is 12.4. The maximum Gasteiger partial charge on any atom is 0.433 e. The average Bonchev–Trinajstić information content (AvgIpc) is 3.74. The molecule has 14 nitrogen and oxygen atoms in total. The molecule has 1 atom stereocenters. The number of nitrogens with one attached hydrogen (secondary N) is 2. The molecule has 3 aliphatic rings. The number of pyridine rings is 1. The van der Waals surface area contributed by atoms with Crippen LogP contribution in [0.1, 0.15) is 99.0 Å². The fourth-order valence-corrected chi connectivity index (χ4v) is 9.28. The van der Waals surface area contributed by atoms with Crippen LogP contribution in [0.2, 0.25) is 0 Å². The van der Waals surface area contributed by atoms with Gasteiger partial charge in [-0.1, -0.05) is 6.07 Å². The van der Waals surface area contributed by atoms with Gasteiger partial charge in [-0.05, 0) is 114 Å². The lowest BCUT2D eigenvalue weighted by molar-refractivity contribution is -0.141. The highest BCUT2D eigenvalue weighted by molar-refractivity contribution is 6.04. The molecule has 0 radical (unpaired) electrons. The number of alkyl halides is 3. The average molecular weight is 830 g/mol. The maximum absolute atomic E-state index is 13.3. The first-order chi connectivity index (χ1) is 28.4. The van der Waals surface area contributed by atoms with Crippen LogP contribution in [-0.4, -0.2) is 84.4 Å². The van der Waals surface area contributed by atoms with E-state index in [9.17, 15) is 37.5 Å². The number of aliphatic hydroxyl groups is 1. The predicted octanol–water partition coefficient (Wildman–Crippen LogP) is 5.89. The molecule has 60 heavy (non-hydrogen) atoms. The fourth-order valence-electron chi connectivity index (χ4n) is 9.28. The number of anilines is 2. The molecule has 0 bridgehead atoms. The van der Waals surface area contributed by atoms with E-state index < -0.39 is 35.3 Å². The van der Waals surface area contributed by atoms with Crippen molar-refractivity contribution in [3.8, 4) is 0 Å². The van der Waals surface area contributed by atoms with E-state index in [4.69, 9.17) is 5.10 Å². The molecule has 17 heteroatoms. The van der Waals surface area contributed by atoms with Gasteiger partial charge >= 0.3 is 11.9 Å². The Morgan fingerprint density at radius 2 is 1.70 bits per heavy atom. The molecule has 3 aromatic heterocycles. The van der Waals surface area contributed by atoms with Crippen LogP contribution in [0.4, 0.5) is 24.5 Å². The van der Waals surface area contributed by atoms with E-state index in [1.54, 1.807) is 37.6 Å². The minimum absolute atomic E-state index is 0.179. The Hall–Kier alpha value is -5.55. The predicted molar refractivity (Wildman–Crippen MR) is 220 cm³/mol. The van der Waals surface area contributed by atoms with Crippen LogP contribution in [-0.2, 0) is 28.4 Å². The topological polar surface area (TPSA) is 160 Å². The van der Waals surface area contributed by atoms with Crippen molar-refractivity contribution in [1.29, 1.82) is 0 Å². The minimum atomic E-state index is -4.70. The molecule has 0 spiro atoms. The highest BCUT2D eigenvalue weighted by Gasteiger charge is 2.35. The van der Waals surface area contributed by atoms with Gasteiger partial charge in [0.05, 0.1) is 28.2 Å². The van der Waals surface area contributed by atoms with Gasteiger partial charge in [0.2, 0.25) is 11.8 Å². The molecule has 1 unspecified atom stereocenters. The normalized spacial score (nSPS) is 20.9. The summed E-state index contributed by atoms with van der Waals surface area (Å²) in [5, 5.41) is 21.6. The highest BCUT2D eigenvalue weighted by atomic mass is 19.4. The summed E-state index contributed by atoms with van der Waals surface area (Å²) in [5.41, 5.74) is 0.551. The summed E-state index contributed by atoms with van der Waals surface area (Å²) < 4.78 is 44.8. The van der Waals surface area contributed by atoms with Gasteiger partial charge in [0.15, 0.2) is 0 Å². The second-order valence-electron chi connectivity index (χ2n) is 17.2. The molecule has 2 saturated heterocycles. The number of hydrogen-bond donors (Lipinski definition) is 3. The number of aryl methyl sites for hydroxylation is 1. The van der Waals surface area contributed by atoms with Gasteiger partial charge in [-0.2, -0.15) is 18.3 Å². The van der Waals surface area contributed by atoms with E-state index in [-0.39, 0.29) is 35.4 Å². The van der Waals surface area contributed by atoms with Crippen LogP contribution in [0, 0.1) is 5.92 Å². The van der Waals surface area contributed by atoms with Crippen molar-refractivity contribution >= 4 is 51.0 Å². The third kappa shape index (κ3) is 8.16. The maximum atomic E-state index is 13.3. The van der Waals surface area contributed by atoms with Gasteiger partial charge in [0, 0.05) is 67.7 Å². The monoisotopic (exact) mass is 829 g/mol. The molecule has 8 rings (SSSR count). The molecule has 2 aliphatic heterocycles. The van der Waals surface area contributed by atoms with Crippen LogP contribution >= 0.6 is 0 Å². The molecule has 1 aliphatic carbocycles. The van der Waals surface area contributed by atoms with Crippen molar-refractivity contribution in [2.24, 2.45) is 13.0 Å². The number of imidazole rings is 1. The summed E-state index contributed by atoms with van der Waals surface area (Å²) in [6.45, 7) is 5.90. The number of imide groups is 1. The van der Waals surface area contributed by atoms with Crippen LogP contribution in [0.3, 0.4) is 0 Å². The van der Waals surface area contributed by atoms with Crippen molar-refractivity contribution in [1.82, 2.24) is 34.1 Å². The minimum Gasteiger partial charge on any atom is -0.386 e. The number of amides is 3. The summed E-state index contributed by atoms with van der Waals surface area (Å²) in [6.07, 6.45) is 3.72. The number of fused-ring (bicyclic) bond motifs is 2. The standard InChI is InChI=1S/C43H50F3N9O5/c1-42(2,60)30-22-32-26(20-33(30)48-39(57)31-6-5-7-37(47-31)43(44,45)46)24-54(50-32)28-10-8-25(9-11-28)23-51(3)27-16-18-53(19-17-27)29-12-13-34-36(21-29)52(4)41(59)55(34)35-14-15-38(56)49-40(35)58/h5-7,12-13,20-22,24-25,27-28,35,60H,8-11,14-19,23H2,1-4H3,(H,48,57)(H,49,56,58). The number of nitrogens with zero attached hydrogens (tertiary/aromatic N) is 7. The van der Waals surface area contributed by atoms with Crippen molar-refractivity contribution in [2.75, 3.05) is 36.9 Å². The molecule has 5 aromatic rings. The zero-order valence-corrected chi connectivity index (χ0v) is 34.1. The summed E-state index contributed by atoms with van der Waals surface area (Å²) in [5.74, 6) is -1.04. The smallest absolute Gasteiger partial charge is 0.386 e. The van der Waals surface area contributed by atoms with E-state index in [0.717, 1.165) is 86.9 Å². The second-order valence-corrected chi connectivity index (χ2v) is 17.2. The Balaban J connectivity index is 0.868. The van der Waals surface area contributed by atoms with Gasteiger partial charge in [-0.25, -0.2) is 9.78 Å². The Bertz CT molecular complexity index is 2520. The van der Waals surface area contributed by atoms with Gasteiger partial charge in [0.25, 0.3) is 5.91 Å². The Labute approximate surface area is 344 Å². The first-order valence-electron chi connectivity index (χ1n) is 20.6. The molecule has 3 amide bonds. The fraction of sp³-hybridized carbons (Fsp3) is 0.488. The van der Waals surface area contributed by atoms with E-state index in [1.165, 1.54) is 10.6 Å². The third-order valence-electron chi connectivity index (χ3n) is 12.6. The highest BCUT2D eigenvalue weighted by Crippen LogP contribution is 2.37. The zero-order chi connectivity index (χ0) is 42.7. The molecule has 5 heterocycles. The van der Waals surface area contributed by atoms with E-state index >= 15 is 0 Å². The van der Waals surface area contributed by atoms with Gasteiger partial charge in [-0.3, -0.25) is 33.5 Å². The number of carbonyl (C=O) groups excluding carboxylic acids is 3. The van der Waals surface area contributed by atoms with Crippen molar-refractivity contribution < 1.29 is 32.7 Å². The number of piperidine rings is 2. The van der Waals surface area contributed by atoms with Crippen molar-refractivity contribution in [3.05, 3.63) is 82.2 Å². The Morgan fingerprint density at radius 3 is 2.38 bits per heavy atom. The number of hydrogen-bond acceptors (Lipinski definition) is 9. The van der Waals surface area contributed by atoms with Crippen LogP contribution in [0.25, 0.3) is 21.9 Å². The van der Waals surface area contributed by atoms with Crippen LogP contribution < -0.4 is 21.2 Å². The lowest BCUT2D eigenvalue weighted by Gasteiger charge is -2.40. The Morgan fingerprint density at radius 1 is 0.967 bits per heavy atom.